The van der Waals surface area contributed by atoms with Gasteiger partial charge in [-0.2, -0.15) is 9.29 Å². The summed E-state index contributed by atoms with van der Waals surface area (Å²) in [6.45, 7) is 2.67. The van der Waals surface area contributed by atoms with Gasteiger partial charge < -0.3 is 18.7 Å². The summed E-state index contributed by atoms with van der Waals surface area (Å²) in [6, 6.07) is 10.4. The Kier molecular flexibility index (Phi) is 6.57. The van der Waals surface area contributed by atoms with Gasteiger partial charge in [-0.1, -0.05) is 22.9 Å². The number of sulfonamides is 1. The number of rotatable bonds is 7. The van der Waals surface area contributed by atoms with Crippen molar-refractivity contribution in [1.82, 2.24) is 14.4 Å². The molecule has 1 fully saturated rings. The second-order valence-corrected chi connectivity index (χ2v) is 9.82. The van der Waals surface area contributed by atoms with Crippen LogP contribution in [0, 0.1) is 6.92 Å². The molecule has 0 radical (unpaired) electrons. The normalized spacial score (nSPS) is 17.0. The van der Waals surface area contributed by atoms with Gasteiger partial charge in [0.2, 0.25) is 27.5 Å². The zero-order valence-corrected chi connectivity index (χ0v) is 19.9. The molecule has 0 spiro atoms. The molecule has 0 unspecified atom stereocenters. The highest BCUT2D eigenvalue weighted by Gasteiger charge is 2.33. The first kappa shape index (κ1) is 23.1. The highest BCUT2D eigenvalue weighted by Crippen LogP contribution is 2.41. The van der Waals surface area contributed by atoms with Gasteiger partial charge in [0.05, 0.1) is 32.1 Å². The molecule has 0 bridgehead atoms. The summed E-state index contributed by atoms with van der Waals surface area (Å²) in [5.74, 6) is 2.00. The number of aromatic nitrogens is 2. The smallest absolute Gasteiger partial charge is 0.243 e. The third-order valence-electron chi connectivity index (χ3n) is 5.76. The SMILES string of the molecule is COc1cc(-c2noc([C@H]3CCCN(S(=O)(=O)c4ccc(C)cc4)C3)n2)cc(OC)c1OC. The maximum atomic E-state index is 13.1. The third-order valence-corrected chi connectivity index (χ3v) is 7.64. The van der Waals surface area contributed by atoms with Crippen LogP contribution in [0.1, 0.15) is 30.2 Å². The second kappa shape index (κ2) is 9.40. The van der Waals surface area contributed by atoms with Crippen molar-refractivity contribution in [1.29, 1.82) is 0 Å². The van der Waals surface area contributed by atoms with Gasteiger partial charge in [0.1, 0.15) is 0 Å². The van der Waals surface area contributed by atoms with Crippen LogP contribution < -0.4 is 14.2 Å². The van der Waals surface area contributed by atoms with Crippen molar-refractivity contribution < 1.29 is 27.2 Å². The van der Waals surface area contributed by atoms with Crippen LogP contribution in [-0.4, -0.2) is 57.3 Å². The van der Waals surface area contributed by atoms with Crippen LogP contribution in [-0.2, 0) is 10.0 Å². The van der Waals surface area contributed by atoms with Gasteiger partial charge in [0, 0.05) is 18.7 Å². The van der Waals surface area contributed by atoms with Crippen molar-refractivity contribution in [3.8, 4) is 28.6 Å². The fourth-order valence-corrected chi connectivity index (χ4v) is 5.47. The van der Waals surface area contributed by atoms with Crippen LogP contribution in [0.4, 0.5) is 0 Å². The summed E-state index contributed by atoms with van der Waals surface area (Å²) in [5, 5.41) is 4.12. The average molecular weight is 474 g/mol. The van der Waals surface area contributed by atoms with Crippen LogP contribution in [0.2, 0.25) is 0 Å². The van der Waals surface area contributed by atoms with E-state index in [1.54, 1.807) is 36.4 Å². The lowest BCUT2D eigenvalue weighted by atomic mass is 10.00. The van der Waals surface area contributed by atoms with Crippen molar-refractivity contribution >= 4 is 10.0 Å². The molecular weight excluding hydrogens is 446 g/mol. The summed E-state index contributed by atoms with van der Waals surface area (Å²) >= 11 is 0. The molecule has 10 heteroatoms. The summed E-state index contributed by atoms with van der Waals surface area (Å²) in [7, 11) is 1.01. The van der Waals surface area contributed by atoms with E-state index in [9.17, 15) is 8.42 Å². The summed E-state index contributed by atoms with van der Waals surface area (Å²) in [5.41, 5.74) is 1.65. The standard InChI is InChI=1S/C23H27N3O6S/c1-15-7-9-18(10-8-15)33(27,28)26-11-5-6-16(14-26)23-24-22(25-32-23)17-12-19(29-2)21(31-4)20(13-17)30-3/h7-10,12-13,16H,5-6,11,14H2,1-4H3/t16-/m0/s1. The number of methoxy groups -OCH3 is 3. The van der Waals surface area contributed by atoms with Crippen LogP contribution in [0.3, 0.4) is 0 Å². The Hall–Kier alpha value is -3.11. The van der Waals surface area contributed by atoms with Gasteiger partial charge in [-0.05, 0) is 44.0 Å². The first-order valence-electron chi connectivity index (χ1n) is 10.6. The molecule has 1 aromatic heterocycles. The van der Waals surface area contributed by atoms with E-state index >= 15 is 0 Å². The van der Waals surface area contributed by atoms with Crippen LogP contribution >= 0.6 is 0 Å². The van der Waals surface area contributed by atoms with Crippen LogP contribution in [0.15, 0.2) is 45.8 Å². The first-order valence-corrected chi connectivity index (χ1v) is 12.0. The number of aryl methyl sites for hydroxylation is 1. The van der Waals surface area contributed by atoms with Crippen molar-refractivity contribution in [2.24, 2.45) is 0 Å². The predicted octanol–water partition coefficient (Wildman–Crippen LogP) is 3.64. The van der Waals surface area contributed by atoms with E-state index in [2.05, 4.69) is 10.1 Å². The minimum atomic E-state index is -3.59. The van der Waals surface area contributed by atoms with Gasteiger partial charge >= 0.3 is 0 Å². The van der Waals surface area contributed by atoms with Gasteiger partial charge in [-0.25, -0.2) is 8.42 Å². The minimum Gasteiger partial charge on any atom is -0.493 e. The number of nitrogens with zero attached hydrogens (tertiary/aromatic N) is 3. The van der Waals surface area contributed by atoms with E-state index in [1.807, 2.05) is 6.92 Å². The Labute approximate surface area is 193 Å². The van der Waals surface area contributed by atoms with E-state index in [0.29, 0.717) is 47.5 Å². The molecule has 0 amide bonds. The monoisotopic (exact) mass is 473 g/mol. The fourth-order valence-electron chi connectivity index (χ4n) is 3.95. The molecule has 33 heavy (non-hydrogen) atoms. The minimum absolute atomic E-state index is 0.192. The van der Waals surface area contributed by atoms with E-state index in [4.69, 9.17) is 18.7 Å². The molecule has 176 valence electrons. The number of benzene rings is 2. The summed E-state index contributed by atoms with van der Waals surface area (Å²) in [4.78, 5) is 4.85. The number of hydrogen-bond acceptors (Lipinski definition) is 8. The lowest BCUT2D eigenvalue weighted by Gasteiger charge is -2.30. The fraction of sp³-hybridized carbons (Fsp3) is 0.391. The lowest BCUT2D eigenvalue weighted by Crippen LogP contribution is -2.39. The molecule has 1 atom stereocenters. The maximum Gasteiger partial charge on any atom is 0.243 e. The van der Waals surface area contributed by atoms with E-state index in [1.165, 1.54) is 25.6 Å². The molecule has 1 aliphatic heterocycles. The molecule has 3 aromatic rings. The predicted molar refractivity (Wildman–Crippen MR) is 121 cm³/mol. The van der Waals surface area contributed by atoms with Crippen molar-refractivity contribution in [2.45, 2.75) is 30.6 Å². The van der Waals surface area contributed by atoms with Crippen molar-refractivity contribution in [2.75, 3.05) is 34.4 Å². The molecule has 9 nitrogen and oxygen atoms in total. The van der Waals surface area contributed by atoms with Crippen molar-refractivity contribution in [3.63, 3.8) is 0 Å². The molecule has 1 saturated heterocycles. The molecule has 2 heterocycles. The van der Waals surface area contributed by atoms with E-state index in [-0.39, 0.29) is 17.4 Å². The molecule has 0 N–H and O–H groups in total. The second-order valence-electron chi connectivity index (χ2n) is 7.89. The zero-order chi connectivity index (χ0) is 23.6. The average Bonchev–Trinajstić information content (AvgIpc) is 3.34. The number of piperidine rings is 1. The molecule has 0 saturated carbocycles. The first-order chi connectivity index (χ1) is 15.9. The topological polar surface area (TPSA) is 104 Å². The molecule has 0 aliphatic carbocycles. The number of ether oxygens (including phenoxy) is 3. The number of hydrogen-bond donors (Lipinski definition) is 0. The van der Waals surface area contributed by atoms with Crippen LogP contribution in [0.5, 0.6) is 17.2 Å². The third kappa shape index (κ3) is 4.53. The molecule has 2 aromatic carbocycles. The Morgan fingerprint density at radius 1 is 1.03 bits per heavy atom. The Morgan fingerprint density at radius 2 is 1.70 bits per heavy atom. The van der Waals surface area contributed by atoms with Gasteiger partial charge in [0.15, 0.2) is 11.5 Å². The quantitative estimate of drug-likeness (QED) is 0.512. The summed E-state index contributed by atoms with van der Waals surface area (Å²) < 4.78 is 49.5. The van der Waals surface area contributed by atoms with Gasteiger partial charge in [0.25, 0.3) is 0 Å². The van der Waals surface area contributed by atoms with Gasteiger partial charge in [-0.15, -0.1) is 0 Å². The highest BCUT2D eigenvalue weighted by atomic mass is 32.2. The van der Waals surface area contributed by atoms with Crippen LogP contribution in [0.25, 0.3) is 11.4 Å². The Bertz CT molecular complexity index is 1200. The van der Waals surface area contributed by atoms with E-state index in [0.717, 1.165) is 12.0 Å². The molecule has 4 rings (SSSR count). The van der Waals surface area contributed by atoms with E-state index < -0.39 is 10.0 Å². The highest BCUT2D eigenvalue weighted by molar-refractivity contribution is 7.89. The van der Waals surface area contributed by atoms with Gasteiger partial charge in [-0.3, -0.25) is 0 Å². The molecular formula is C23H27N3O6S. The maximum absolute atomic E-state index is 13.1. The van der Waals surface area contributed by atoms with Crippen molar-refractivity contribution in [3.05, 3.63) is 47.9 Å². The Morgan fingerprint density at radius 3 is 2.30 bits per heavy atom. The zero-order valence-electron chi connectivity index (χ0n) is 19.1. The Balaban J connectivity index is 1.58. The molecule has 1 aliphatic rings. The lowest BCUT2D eigenvalue weighted by molar-refractivity contribution is 0.265. The summed E-state index contributed by atoms with van der Waals surface area (Å²) in [6.07, 6.45) is 1.47. The largest absolute Gasteiger partial charge is 0.493 e.